The molecule has 6 rings (SSSR count). The van der Waals surface area contributed by atoms with E-state index in [2.05, 4.69) is 140 Å². The number of fused-ring (bicyclic) bond motifs is 2. The number of aryl methyl sites for hydroxylation is 4. The molecule has 0 amide bonds. The van der Waals surface area contributed by atoms with Crippen molar-refractivity contribution >= 4 is 29.7 Å². The van der Waals surface area contributed by atoms with Crippen molar-refractivity contribution in [2.24, 2.45) is 35.1 Å². The van der Waals surface area contributed by atoms with Crippen LogP contribution in [-0.2, 0) is 14.1 Å². The molecular formula is C33H33N9+2. The van der Waals surface area contributed by atoms with Gasteiger partial charge in [-0.05, 0) is 72.5 Å². The first kappa shape index (κ1) is 26.6. The van der Waals surface area contributed by atoms with E-state index in [1.807, 2.05) is 24.3 Å². The number of hydrogen-bond donors (Lipinski definition) is 2. The van der Waals surface area contributed by atoms with Crippen LogP contribution in [0.4, 0.5) is 0 Å². The molecular weight excluding hydrogens is 522 g/mol. The van der Waals surface area contributed by atoms with Gasteiger partial charge >= 0.3 is 0 Å². The van der Waals surface area contributed by atoms with Crippen molar-refractivity contribution < 1.29 is 8.80 Å². The van der Waals surface area contributed by atoms with Crippen LogP contribution in [0.25, 0.3) is 33.8 Å². The Balaban J connectivity index is 1.06. The number of pyridine rings is 2. The monoisotopic (exact) mass is 555 g/mol. The molecule has 6 aromatic rings. The van der Waals surface area contributed by atoms with Crippen molar-refractivity contribution in [2.75, 3.05) is 0 Å². The minimum absolute atomic E-state index is 0.0985. The predicted molar refractivity (Wildman–Crippen MR) is 167 cm³/mol. The van der Waals surface area contributed by atoms with Gasteiger partial charge in [0.25, 0.3) is 11.3 Å². The molecule has 9 heteroatoms. The summed E-state index contributed by atoms with van der Waals surface area (Å²) in [6.45, 7) is 4.19. The van der Waals surface area contributed by atoms with Crippen molar-refractivity contribution in [2.45, 2.75) is 13.8 Å². The Hall–Kier alpha value is -5.57. The van der Waals surface area contributed by atoms with Gasteiger partial charge in [-0.3, -0.25) is 0 Å². The van der Waals surface area contributed by atoms with E-state index in [1.54, 1.807) is 12.4 Å². The summed E-state index contributed by atoms with van der Waals surface area (Å²) in [5.41, 5.74) is 19.7. The van der Waals surface area contributed by atoms with Crippen LogP contribution in [0.15, 0.2) is 113 Å². The topological polar surface area (TPSA) is 93.2 Å². The van der Waals surface area contributed by atoms with Crippen LogP contribution < -0.4 is 20.0 Å². The Morgan fingerprint density at radius 3 is 1.64 bits per heavy atom. The molecule has 0 aliphatic rings. The minimum atomic E-state index is 0.0985. The Labute approximate surface area is 244 Å². The van der Waals surface area contributed by atoms with Gasteiger partial charge in [-0.25, -0.2) is 23.4 Å². The first-order valence-corrected chi connectivity index (χ1v) is 13.7. The number of nitrogens with one attached hydrogen (secondary N) is 1. The van der Waals surface area contributed by atoms with Crippen LogP contribution in [0, 0.1) is 13.8 Å². The fourth-order valence-corrected chi connectivity index (χ4v) is 5.07. The van der Waals surface area contributed by atoms with Gasteiger partial charge in [0.15, 0.2) is 11.4 Å². The van der Waals surface area contributed by atoms with Gasteiger partial charge in [-0.2, -0.15) is 10.2 Å². The van der Waals surface area contributed by atoms with Crippen LogP contribution >= 0.6 is 0 Å². The lowest BCUT2D eigenvalue weighted by Gasteiger charge is -2.00. The molecule has 4 heterocycles. The van der Waals surface area contributed by atoms with Crippen LogP contribution in [-0.4, -0.2) is 27.5 Å². The minimum Gasteiger partial charge on any atom is -0.367 e. The maximum absolute atomic E-state index is 5.93. The number of guanidine groups is 1. The van der Waals surface area contributed by atoms with Crippen LogP contribution in [0.2, 0.25) is 0 Å². The van der Waals surface area contributed by atoms with Crippen molar-refractivity contribution in [3.05, 3.63) is 120 Å². The average Bonchev–Trinajstić information content (AvgIpc) is 3.49. The van der Waals surface area contributed by atoms with E-state index in [0.29, 0.717) is 0 Å². The molecule has 2 aromatic carbocycles. The standard InChI is InChI=1S/C33H33N9/c1-23-5-15-31-39(3)29(21-41(31)19-23)27-11-7-25(8-12-27)17-35-37-33(34)38-36-18-26-9-13-28(14-10-26)30-22-42-20-24(2)6-16-32(42)40(30)4/h5-22H,1-4H3,(H3,34,37,38)/q+2/b35-17+,36-18+. The predicted octanol–water partition coefficient (Wildman–Crippen LogP) is 4.06. The molecule has 0 aliphatic heterocycles. The van der Waals surface area contributed by atoms with Gasteiger partial charge < -0.3 is 5.73 Å². The van der Waals surface area contributed by atoms with Crippen molar-refractivity contribution in [1.82, 2.24) is 14.6 Å². The number of imidazole rings is 2. The average molecular weight is 556 g/mol. The normalized spacial score (nSPS) is 12.3. The molecule has 3 N–H and O–H groups in total. The molecule has 0 saturated carbocycles. The van der Waals surface area contributed by atoms with Gasteiger partial charge in [0.1, 0.15) is 12.4 Å². The van der Waals surface area contributed by atoms with E-state index < -0.39 is 0 Å². The summed E-state index contributed by atoms with van der Waals surface area (Å²) in [5, 5.41) is 12.3. The third-order valence-corrected chi connectivity index (χ3v) is 7.32. The van der Waals surface area contributed by atoms with E-state index in [4.69, 9.17) is 5.73 Å². The molecule has 42 heavy (non-hydrogen) atoms. The third kappa shape index (κ3) is 5.40. The smallest absolute Gasteiger partial charge is 0.286 e. The summed E-state index contributed by atoms with van der Waals surface area (Å²) in [6.07, 6.45) is 11.9. The van der Waals surface area contributed by atoms with Gasteiger partial charge in [0.2, 0.25) is 5.96 Å². The number of hydrazone groups is 1. The van der Waals surface area contributed by atoms with Crippen LogP contribution in [0.5, 0.6) is 0 Å². The summed E-state index contributed by atoms with van der Waals surface area (Å²) in [7, 11) is 4.15. The van der Waals surface area contributed by atoms with E-state index in [1.165, 1.54) is 11.1 Å². The molecule has 0 fully saturated rings. The lowest BCUT2D eigenvalue weighted by atomic mass is 10.1. The Bertz CT molecular complexity index is 1990. The summed E-state index contributed by atoms with van der Waals surface area (Å²) in [5.74, 6) is 0.0985. The largest absolute Gasteiger partial charge is 0.367 e. The van der Waals surface area contributed by atoms with Crippen LogP contribution in [0.1, 0.15) is 22.3 Å². The molecule has 0 spiro atoms. The molecule has 0 aliphatic carbocycles. The first-order chi connectivity index (χ1) is 20.4. The fraction of sp³-hybridized carbons (Fsp3) is 0.121. The molecule has 0 unspecified atom stereocenters. The fourth-order valence-electron chi connectivity index (χ4n) is 5.07. The lowest BCUT2D eigenvalue weighted by Crippen LogP contribution is -2.26. The Morgan fingerprint density at radius 1 is 0.667 bits per heavy atom. The quantitative estimate of drug-likeness (QED) is 0.140. The number of aromatic nitrogens is 4. The van der Waals surface area contributed by atoms with Gasteiger partial charge in [-0.1, -0.05) is 24.3 Å². The second-order valence-electron chi connectivity index (χ2n) is 10.4. The summed E-state index contributed by atoms with van der Waals surface area (Å²) < 4.78 is 8.66. The number of rotatable bonds is 6. The number of benzene rings is 2. The molecule has 0 bridgehead atoms. The Morgan fingerprint density at radius 2 is 1.14 bits per heavy atom. The maximum atomic E-state index is 5.93. The highest BCUT2D eigenvalue weighted by Gasteiger charge is 2.16. The SMILES string of the molecule is Cc1ccc2n(C)c(-c3ccc(/C=N/N=C(\N)N/N=C/c4ccc(-c5c[n+]6cc(C)ccc6n5C)cc4)cc3)c[n+]2c1. The zero-order valence-corrected chi connectivity index (χ0v) is 24.1. The van der Waals surface area contributed by atoms with Gasteiger partial charge in [0, 0.05) is 23.3 Å². The van der Waals surface area contributed by atoms with Crippen molar-refractivity contribution in [3.63, 3.8) is 0 Å². The number of nitrogens with zero attached hydrogens (tertiary/aromatic N) is 7. The highest BCUT2D eigenvalue weighted by Crippen LogP contribution is 2.21. The molecule has 9 nitrogen and oxygen atoms in total. The molecule has 208 valence electrons. The number of nitrogens with two attached hydrogens (primary N) is 1. The van der Waals surface area contributed by atoms with Gasteiger partial charge in [-0.15, -0.1) is 5.10 Å². The summed E-state index contributed by atoms with van der Waals surface area (Å²) in [4.78, 5) is 0. The molecule has 4 aromatic heterocycles. The first-order valence-electron chi connectivity index (χ1n) is 13.7. The van der Waals surface area contributed by atoms with E-state index in [0.717, 1.165) is 44.9 Å². The Kier molecular flexibility index (Phi) is 7.06. The third-order valence-electron chi connectivity index (χ3n) is 7.32. The molecule has 0 radical (unpaired) electrons. The number of hydrogen-bond acceptors (Lipinski definition) is 3. The van der Waals surface area contributed by atoms with Crippen LogP contribution in [0.3, 0.4) is 0 Å². The lowest BCUT2D eigenvalue weighted by molar-refractivity contribution is -0.511. The molecule has 0 saturated heterocycles. The van der Waals surface area contributed by atoms with E-state index in [9.17, 15) is 0 Å². The highest BCUT2D eigenvalue weighted by atomic mass is 15.4. The highest BCUT2D eigenvalue weighted by molar-refractivity contribution is 5.85. The second-order valence-corrected chi connectivity index (χ2v) is 10.4. The van der Waals surface area contributed by atoms with E-state index in [-0.39, 0.29) is 5.96 Å². The van der Waals surface area contributed by atoms with Crippen molar-refractivity contribution in [3.8, 4) is 22.5 Å². The van der Waals surface area contributed by atoms with Gasteiger partial charge in [0.05, 0.1) is 38.9 Å². The summed E-state index contributed by atoms with van der Waals surface area (Å²) in [6, 6.07) is 24.8. The second kappa shape index (κ2) is 11.1. The zero-order chi connectivity index (χ0) is 29.2. The zero-order valence-electron chi connectivity index (χ0n) is 24.1. The summed E-state index contributed by atoms with van der Waals surface area (Å²) >= 11 is 0. The van der Waals surface area contributed by atoms with Crippen molar-refractivity contribution in [1.29, 1.82) is 0 Å². The maximum Gasteiger partial charge on any atom is 0.286 e. The molecule has 0 atom stereocenters. The van der Waals surface area contributed by atoms with E-state index >= 15 is 0 Å².